The number of halogens is 3. The molecule has 1 heterocycles. The molecule has 23 heavy (non-hydrogen) atoms. The van der Waals surface area contributed by atoms with E-state index in [1.54, 1.807) is 7.11 Å². The standard InChI is InChI=1S/C15H19F3N2O3/c1-22-12-4-2-11(3-5-12)6-7-19-14(21)20-8-9-23-13(10-20)15(16,17)18/h2-5,13H,6-10H2,1H3,(H,19,21). The first-order valence-electron chi connectivity index (χ1n) is 7.24. The smallest absolute Gasteiger partial charge is 0.416 e. The molecule has 0 radical (unpaired) electrons. The minimum atomic E-state index is -4.46. The molecule has 0 saturated carbocycles. The predicted molar refractivity (Wildman–Crippen MR) is 77.5 cm³/mol. The molecule has 2 amide bonds. The number of nitrogens with one attached hydrogen (secondary N) is 1. The van der Waals surface area contributed by atoms with Crippen LogP contribution in [0.2, 0.25) is 0 Å². The highest BCUT2D eigenvalue weighted by atomic mass is 19.4. The van der Waals surface area contributed by atoms with Crippen LogP contribution < -0.4 is 10.1 Å². The minimum absolute atomic E-state index is 0.115. The predicted octanol–water partition coefficient (Wildman–Crippen LogP) is 2.21. The summed E-state index contributed by atoms with van der Waals surface area (Å²) >= 11 is 0. The summed E-state index contributed by atoms with van der Waals surface area (Å²) in [6, 6.07) is 6.87. The quantitative estimate of drug-likeness (QED) is 0.920. The van der Waals surface area contributed by atoms with E-state index in [4.69, 9.17) is 4.74 Å². The molecule has 1 aliphatic heterocycles. The number of amides is 2. The molecule has 0 bridgehead atoms. The molecule has 1 aromatic carbocycles. The number of benzene rings is 1. The number of methoxy groups -OCH3 is 1. The van der Waals surface area contributed by atoms with Gasteiger partial charge in [0.25, 0.3) is 0 Å². The van der Waals surface area contributed by atoms with Crippen LogP contribution in [0, 0.1) is 0 Å². The third-order valence-corrected chi connectivity index (χ3v) is 3.57. The highest BCUT2D eigenvalue weighted by Gasteiger charge is 2.44. The molecule has 2 rings (SSSR count). The van der Waals surface area contributed by atoms with E-state index in [2.05, 4.69) is 10.1 Å². The summed E-state index contributed by atoms with van der Waals surface area (Å²) in [6.07, 6.45) is -5.78. The van der Waals surface area contributed by atoms with Crippen molar-refractivity contribution >= 4 is 6.03 Å². The molecular weight excluding hydrogens is 313 g/mol. The van der Waals surface area contributed by atoms with E-state index >= 15 is 0 Å². The summed E-state index contributed by atoms with van der Waals surface area (Å²) in [5.74, 6) is 0.740. The number of urea groups is 1. The number of hydrogen-bond acceptors (Lipinski definition) is 3. The number of carbonyl (C=O) groups excluding carboxylic acids is 1. The van der Waals surface area contributed by atoms with Crippen molar-refractivity contribution in [3.05, 3.63) is 29.8 Å². The fourth-order valence-electron chi connectivity index (χ4n) is 2.25. The average molecular weight is 332 g/mol. The largest absolute Gasteiger partial charge is 0.497 e. The second-order valence-electron chi connectivity index (χ2n) is 5.18. The summed E-state index contributed by atoms with van der Waals surface area (Å²) in [5, 5.41) is 2.63. The Morgan fingerprint density at radius 1 is 1.39 bits per heavy atom. The Labute approximate surface area is 132 Å². The fourth-order valence-corrected chi connectivity index (χ4v) is 2.25. The summed E-state index contributed by atoms with van der Waals surface area (Å²) in [6.45, 7) is -0.0892. The lowest BCUT2D eigenvalue weighted by molar-refractivity contribution is -0.233. The monoisotopic (exact) mass is 332 g/mol. The second kappa shape index (κ2) is 7.54. The molecule has 1 saturated heterocycles. The lowest BCUT2D eigenvalue weighted by atomic mass is 10.1. The Bertz CT molecular complexity index is 520. The highest BCUT2D eigenvalue weighted by molar-refractivity contribution is 5.74. The zero-order valence-electron chi connectivity index (χ0n) is 12.7. The van der Waals surface area contributed by atoms with Crippen LogP contribution in [0.15, 0.2) is 24.3 Å². The molecule has 1 aromatic rings. The van der Waals surface area contributed by atoms with Gasteiger partial charge in [-0.3, -0.25) is 0 Å². The number of alkyl halides is 3. The molecular formula is C15H19F3N2O3. The van der Waals surface area contributed by atoms with Crippen molar-refractivity contribution in [3.63, 3.8) is 0 Å². The maximum Gasteiger partial charge on any atom is 0.416 e. The van der Waals surface area contributed by atoms with Crippen LogP contribution in [0.3, 0.4) is 0 Å². The third-order valence-electron chi connectivity index (χ3n) is 3.57. The third kappa shape index (κ3) is 5.02. The molecule has 1 atom stereocenters. The first-order valence-corrected chi connectivity index (χ1v) is 7.24. The number of ether oxygens (including phenoxy) is 2. The van der Waals surface area contributed by atoms with E-state index in [0.29, 0.717) is 13.0 Å². The van der Waals surface area contributed by atoms with Crippen molar-refractivity contribution in [1.29, 1.82) is 0 Å². The van der Waals surface area contributed by atoms with Gasteiger partial charge >= 0.3 is 12.2 Å². The first kappa shape index (κ1) is 17.4. The Kier molecular flexibility index (Phi) is 5.70. The van der Waals surface area contributed by atoms with Crippen molar-refractivity contribution < 1.29 is 27.4 Å². The van der Waals surface area contributed by atoms with Crippen LogP contribution >= 0.6 is 0 Å². The van der Waals surface area contributed by atoms with Gasteiger partial charge in [0, 0.05) is 13.1 Å². The molecule has 128 valence electrons. The Morgan fingerprint density at radius 3 is 2.70 bits per heavy atom. The number of carbonyl (C=O) groups is 1. The molecule has 1 unspecified atom stereocenters. The van der Waals surface area contributed by atoms with E-state index in [0.717, 1.165) is 16.2 Å². The molecule has 1 N–H and O–H groups in total. The van der Waals surface area contributed by atoms with Gasteiger partial charge in [-0.1, -0.05) is 12.1 Å². The van der Waals surface area contributed by atoms with Gasteiger partial charge in [0.2, 0.25) is 0 Å². The zero-order chi connectivity index (χ0) is 16.9. The van der Waals surface area contributed by atoms with Crippen LogP contribution in [0.4, 0.5) is 18.0 Å². The maximum atomic E-state index is 12.6. The van der Waals surface area contributed by atoms with E-state index in [1.165, 1.54) is 0 Å². The van der Waals surface area contributed by atoms with Gasteiger partial charge in [-0.15, -0.1) is 0 Å². The number of hydrogen-bond donors (Lipinski definition) is 1. The van der Waals surface area contributed by atoms with Gasteiger partial charge in [0.05, 0.1) is 20.3 Å². The first-order chi connectivity index (χ1) is 10.9. The Morgan fingerprint density at radius 2 is 2.09 bits per heavy atom. The van der Waals surface area contributed by atoms with Crippen molar-refractivity contribution in [3.8, 4) is 5.75 Å². The molecule has 0 spiro atoms. The van der Waals surface area contributed by atoms with Crippen LogP contribution in [0.1, 0.15) is 5.56 Å². The topological polar surface area (TPSA) is 50.8 Å². The molecule has 1 aliphatic rings. The maximum absolute atomic E-state index is 12.6. The molecule has 0 aromatic heterocycles. The van der Waals surface area contributed by atoms with Crippen molar-refractivity contribution in [1.82, 2.24) is 10.2 Å². The summed E-state index contributed by atoms with van der Waals surface area (Å²) in [4.78, 5) is 13.1. The van der Waals surface area contributed by atoms with Gasteiger partial charge in [-0.25, -0.2) is 4.79 Å². The van der Waals surface area contributed by atoms with Crippen molar-refractivity contribution in [2.24, 2.45) is 0 Å². The van der Waals surface area contributed by atoms with Gasteiger partial charge < -0.3 is 19.7 Å². The lowest BCUT2D eigenvalue weighted by Crippen LogP contribution is -2.53. The van der Waals surface area contributed by atoms with E-state index < -0.39 is 24.9 Å². The van der Waals surface area contributed by atoms with Gasteiger partial charge in [-0.2, -0.15) is 13.2 Å². The average Bonchev–Trinajstić information content (AvgIpc) is 2.54. The highest BCUT2D eigenvalue weighted by Crippen LogP contribution is 2.25. The SMILES string of the molecule is COc1ccc(CCNC(=O)N2CCOC(C(F)(F)F)C2)cc1. The summed E-state index contributed by atoms with van der Waals surface area (Å²) in [5.41, 5.74) is 1.00. The Hall–Kier alpha value is -1.96. The van der Waals surface area contributed by atoms with Gasteiger partial charge in [0.1, 0.15) is 5.75 Å². The summed E-state index contributed by atoms with van der Waals surface area (Å²) < 4.78 is 47.6. The van der Waals surface area contributed by atoms with Crippen molar-refractivity contribution in [2.75, 3.05) is 33.4 Å². The zero-order valence-corrected chi connectivity index (χ0v) is 12.7. The number of nitrogens with zero attached hydrogens (tertiary/aromatic N) is 1. The van der Waals surface area contributed by atoms with E-state index in [1.807, 2.05) is 24.3 Å². The summed E-state index contributed by atoms with van der Waals surface area (Å²) in [7, 11) is 1.58. The molecule has 0 aliphatic carbocycles. The van der Waals surface area contributed by atoms with Crippen molar-refractivity contribution in [2.45, 2.75) is 18.7 Å². The number of morpholine rings is 1. The molecule has 1 fully saturated rings. The minimum Gasteiger partial charge on any atom is -0.497 e. The lowest BCUT2D eigenvalue weighted by Gasteiger charge is -2.33. The van der Waals surface area contributed by atoms with Crippen LogP contribution in [0.25, 0.3) is 0 Å². The van der Waals surface area contributed by atoms with Gasteiger partial charge in [-0.05, 0) is 24.1 Å². The Balaban J connectivity index is 1.77. The molecule has 5 nitrogen and oxygen atoms in total. The number of rotatable bonds is 4. The van der Waals surface area contributed by atoms with E-state index in [9.17, 15) is 18.0 Å². The van der Waals surface area contributed by atoms with Crippen LogP contribution in [-0.2, 0) is 11.2 Å². The molecule has 8 heteroatoms. The van der Waals surface area contributed by atoms with Crippen LogP contribution in [-0.4, -0.2) is 56.6 Å². The van der Waals surface area contributed by atoms with Gasteiger partial charge in [0.15, 0.2) is 6.10 Å². The fraction of sp³-hybridized carbons (Fsp3) is 0.533. The second-order valence-corrected chi connectivity index (χ2v) is 5.18. The van der Waals surface area contributed by atoms with E-state index in [-0.39, 0.29) is 13.2 Å². The van der Waals surface area contributed by atoms with Crippen LogP contribution in [0.5, 0.6) is 5.75 Å². The normalized spacial score (nSPS) is 18.6.